The van der Waals surface area contributed by atoms with E-state index in [2.05, 4.69) is 43.3 Å². The highest BCUT2D eigenvalue weighted by atomic mass is 16.1. The first-order valence-electron chi connectivity index (χ1n) is 7.94. The van der Waals surface area contributed by atoms with E-state index in [4.69, 9.17) is 5.73 Å². The molecule has 0 spiro atoms. The Balaban J connectivity index is 1.91. The second kappa shape index (κ2) is 6.05. The molecule has 3 rings (SSSR count). The molecule has 4 heteroatoms. The molecule has 0 aliphatic carbocycles. The van der Waals surface area contributed by atoms with Gasteiger partial charge in [0.25, 0.3) is 0 Å². The quantitative estimate of drug-likeness (QED) is 0.805. The van der Waals surface area contributed by atoms with Gasteiger partial charge in [-0.15, -0.1) is 0 Å². The zero-order chi connectivity index (χ0) is 16.6. The van der Waals surface area contributed by atoms with Gasteiger partial charge in [-0.1, -0.05) is 30.3 Å². The van der Waals surface area contributed by atoms with Crippen LogP contribution < -0.4 is 11.4 Å². The number of aryl methyl sites for hydroxylation is 4. The molecule has 0 aliphatic heterocycles. The summed E-state index contributed by atoms with van der Waals surface area (Å²) in [7, 11) is 3.61. The Morgan fingerprint density at radius 2 is 1.65 bits per heavy atom. The van der Waals surface area contributed by atoms with Gasteiger partial charge in [-0.05, 0) is 48.6 Å². The standard InChI is InChI=1S/C19H23N3O/c1-13-11-17-18(22(3)19(23)21(17)2)12-15(13)16(20)10-9-14-7-5-4-6-8-14/h4-8,11-12,16H,9-10,20H2,1-3H3. The van der Waals surface area contributed by atoms with Gasteiger partial charge in [0.1, 0.15) is 0 Å². The Kier molecular flexibility index (Phi) is 4.09. The Labute approximate surface area is 136 Å². The van der Waals surface area contributed by atoms with Crippen molar-refractivity contribution >= 4 is 11.0 Å². The molecule has 0 saturated heterocycles. The summed E-state index contributed by atoms with van der Waals surface area (Å²) in [4.78, 5) is 12.1. The second-order valence-corrected chi connectivity index (χ2v) is 6.23. The Morgan fingerprint density at radius 1 is 1.04 bits per heavy atom. The van der Waals surface area contributed by atoms with Crippen LogP contribution in [0.3, 0.4) is 0 Å². The third-order valence-electron chi connectivity index (χ3n) is 4.65. The number of hydrogen-bond donors (Lipinski definition) is 1. The molecule has 0 fully saturated rings. The summed E-state index contributed by atoms with van der Waals surface area (Å²) in [5.41, 5.74) is 11.9. The van der Waals surface area contributed by atoms with Crippen molar-refractivity contribution in [2.75, 3.05) is 0 Å². The zero-order valence-corrected chi connectivity index (χ0v) is 13.9. The van der Waals surface area contributed by atoms with Crippen LogP contribution in [-0.4, -0.2) is 9.13 Å². The van der Waals surface area contributed by atoms with Crippen LogP contribution in [0.15, 0.2) is 47.3 Å². The van der Waals surface area contributed by atoms with E-state index >= 15 is 0 Å². The first kappa shape index (κ1) is 15.6. The molecule has 2 N–H and O–H groups in total. The molecule has 3 aromatic rings. The molecular formula is C19H23N3O. The van der Waals surface area contributed by atoms with Crippen molar-refractivity contribution in [2.45, 2.75) is 25.8 Å². The van der Waals surface area contributed by atoms with Crippen molar-refractivity contribution in [3.05, 3.63) is 69.6 Å². The lowest BCUT2D eigenvalue weighted by Crippen LogP contribution is -2.19. The second-order valence-electron chi connectivity index (χ2n) is 6.23. The van der Waals surface area contributed by atoms with Crippen molar-refractivity contribution in [1.29, 1.82) is 0 Å². The van der Waals surface area contributed by atoms with Gasteiger partial charge in [-0.2, -0.15) is 0 Å². The van der Waals surface area contributed by atoms with Crippen LogP contribution in [0.2, 0.25) is 0 Å². The van der Waals surface area contributed by atoms with Gasteiger partial charge in [0, 0.05) is 20.1 Å². The average molecular weight is 309 g/mol. The third kappa shape index (κ3) is 2.82. The molecule has 0 amide bonds. The van der Waals surface area contributed by atoms with Crippen molar-refractivity contribution in [3.63, 3.8) is 0 Å². The molecule has 1 heterocycles. The van der Waals surface area contributed by atoms with Crippen LogP contribution >= 0.6 is 0 Å². The van der Waals surface area contributed by atoms with E-state index in [-0.39, 0.29) is 11.7 Å². The molecule has 0 aliphatic rings. The predicted molar refractivity (Wildman–Crippen MR) is 94.6 cm³/mol. The van der Waals surface area contributed by atoms with Crippen molar-refractivity contribution in [2.24, 2.45) is 19.8 Å². The van der Waals surface area contributed by atoms with Crippen LogP contribution in [-0.2, 0) is 20.5 Å². The molecule has 120 valence electrons. The van der Waals surface area contributed by atoms with Gasteiger partial charge >= 0.3 is 5.69 Å². The van der Waals surface area contributed by atoms with Crippen molar-refractivity contribution < 1.29 is 0 Å². The molecule has 1 atom stereocenters. The monoisotopic (exact) mass is 309 g/mol. The van der Waals surface area contributed by atoms with Crippen LogP contribution in [0.4, 0.5) is 0 Å². The van der Waals surface area contributed by atoms with Gasteiger partial charge < -0.3 is 5.73 Å². The number of nitrogens with two attached hydrogens (primary N) is 1. The summed E-state index contributed by atoms with van der Waals surface area (Å²) in [6, 6.07) is 14.5. The van der Waals surface area contributed by atoms with Crippen LogP contribution in [0.5, 0.6) is 0 Å². The van der Waals surface area contributed by atoms with Gasteiger partial charge in [0.05, 0.1) is 11.0 Å². The fourth-order valence-corrected chi connectivity index (χ4v) is 3.19. The van der Waals surface area contributed by atoms with Gasteiger partial charge in [-0.3, -0.25) is 9.13 Å². The number of hydrogen-bond acceptors (Lipinski definition) is 2. The maximum absolute atomic E-state index is 12.1. The van der Waals surface area contributed by atoms with E-state index in [0.29, 0.717) is 0 Å². The summed E-state index contributed by atoms with van der Waals surface area (Å²) in [5.74, 6) is 0. The van der Waals surface area contributed by atoms with E-state index in [1.807, 2.05) is 6.07 Å². The molecular weight excluding hydrogens is 286 g/mol. The highest BCUT2D eigenvalue weighted by molar-refractivity contribution is 5.78. The lowest BCUT2D eigenvalue weighted by Gasteiger charge is -2.15. The minimum Gasteiger partial charge on any atom is -0.324 e. The van der Waals surface area contributed by atoms with E-state index in [1.165, 1.54) is 5.56 Å². The number of benzene rings is 2. The predicted octanol–water partition coefficient (Wildman–Crippen LogP) is 2.82. The highest BCUT2D eigenvalue weighted by Gasteiger charge is 2.14. The summed E-state index contributed by atoms with van der Waals surface area (Å²) in [6.45, 7) is 2.06. The van der Waals surface area contributed by atoms with Gasteiger partial charge in [0.15, 0.2) is 0 Å². The fourth-order valence-electron chi connectivity index (χ4n) is 3.19. The molecule has 23 heavy (non-hydrogen) atoms. The summed E-state index contributed by atoms with van der Waals surface area (Å²) in [5, 5.41) is 0. The minimum atomic E-state index is -0.0325. The molecule has 0 bridgehead atoms. The number of nitrogens with zero attached hydrogens (tertiary/aromatic N) is 2. The molecule has 2 aromatic carbocycles. The molecule has 1 aromatic heterocycles. The van der Waals surface area contributed by atoms with Gasteiger partial charge in [0.2, 0.25) is 0 Å². The number of rotatable bonds is 4. The average Bonchev–Trinajstić information content (AvgIpc) is 2.77. The highest BCUT2D eigenvalue weighted by Crippen LogP contribution is 2.25. The van der Waals surface area contributed by atoms with E-state index in [9.17, 15) is 4.79 Å². The van der Waals surface area contributed by atoms with E-state index in [0.717, 1.165) is 35.0 Å². The molecule has 1 unspecified atom stereocenters. The topological polar surface area (TPSA) is 52.9 Å². The largest absolute Gasteiger partial charge is 0.328 e. The van der Waals surface area contributed by atoms with Crippen LogP contribution in [0, 0.1) is 6.92 Å². The summed E-state index contributed by atoms with van der Waals surface area (Å²) >= 11 is 0. The lowest BCUT2D eigenvalue weighted by molar-refractivity contribution is 0.648. The van der Waals surface area contributed by atoms with Gasteiger partial charge in [-0.25, -0.2) is 4.79 Å². The molecule has 0 radical (unpaired) electrons. The van der Waals surface area contributed by atoms with E-state index in [1.54, 1.807) is 23.2 Å². The minimum absolute atomic E-state index is 0.00518. The van der Waals surface area contributed by atoms with Crippen LogP contribution in [0.25, 0.3) is 11.0 Å². The molecule has 0 saturated carbocycles. The van der Waals surface area contributed by atoms with Crippen molar-refractivity contribution in [3.8, 4) is 0 Å². The van der Waals surface area contributed by atoms with Crippen LogP contribution in [0.1, 0.15) is 29.2 Å². The normalized spacial score (nSPS) is 12.7. The number of fused-ring (bicyclic) bond motifs is 1. The Bertz CT molecular complexity index is 890. The Hall–Kier alpha value is -2.33. The van der Waals surface area contributed by atoms with Crippen molar-refractivity contribution in [1.82, 2.24) is 9.13 Å². The number of imidazole rings is 1. The third-order valence-corrected chi connectivity index (χ3v) is 4.65. The first-order chi connectivity index (χ1) is 11.0. The maximum atomic E-state index is 12.1. The summed E-state index contributed by atoms with van der Waals surface area (Å²) < 4.78 is 3.36. The SMILES string of the molecule is Cc1cc2c(cc1C(N)CCc1ccccc1)n(C)c(=O)n2C. The summed E-state index contributed by atoms with van der Waals surface area (Å²) in [6.07, 6.45) is 1.84. The fraction of sp³-hybridized carbons (Fsp3) is 0.316. The maximum Gasteiger partial charge on any atom is 0.328 e. The number of aromatic nitrogens is 2. The molecule has 4 nitrogen and oxygen atoms in total. The smallest absolute Gasteiger partial charge is 0.324 e. The lowest BCUT2D eigenvalue weighted by atomic mass is 9.95. The first-order valence-corrected chi connectivity index (χ1v) is 7.94. The van der Waals surface area contributed by atoms with E-state index < -0.39 is 0 Å². The Morgan fingerprint density at radius 3 is 2.30 bits per heavy atom. The zero-order valence-electron chi connectivity index (χ0n) is 13.9.